The molecule has 124 valence electrons. The molecule has 1 saturated heterocycles. The minimum Gasteiger partial charge on any atom is -0.493 e. The average Bonchev–Trinajstić information content (AvgIpc) is 3.06. The van der Waals surface area contributed by atoms with Crippen LogP contribution in [0.25, 0.3) is 0 Å². The second-order valence-corrected chi connectivity index (χ2v) is 6.26. The minimum atomic E-state index is -0.443. The Balaban J connectivity index is 1.85. The van der Waals surface area contributed by atoms with E-state index in [-0.39, 0.29) is 6.10 Å². The molecule has 0 bridgehead atoms. The quantitative estimate of drug-likeness (QED) is 0.617. The summed E-state index contributed by atoms with van der Waals surface area (Å²) < 4.78 is 17.0. The molecule has 1 heterocycles. The third-order valence-electron chi connectivity index (χ3n) is 4.80. The van der Waals surface area contributed by atoms with E-state index < -0.39 is 5.54 Å². The van der Waals surface area contributed by atoms with Gasteiger partial charge in [-0.15, -0.1) is 0 Å². The zero-order valence-corrected chi connectivity index (χ0v) is 13.5. The molecule has 1 atom stereocenters. The van der Waals surface area contributed by atoms with Crippen molar-refractivity contribution in [1.29, 1.82) is 0 Å². The van der Waals surface area contributed by atoms with Crippen LogP contribution in [-0.2, 0) is 15.1 Å². The van der Waals surface area contributed by atoms with Gasteiger partial charge in [-0.05, 0) is 43.4 Å². The number of hydrogen-bond acceptors (Lipinski definition) is 5. The maximum absolute atomic E-state index is 10.9. The lowest BCUT2D eigenvalue weighted by molar-refractivity contribution is 0.00642. The molecule has 23 heavy (non-hydrogen) atoms. The average molecular weight is 317 g/mol. The number of isocyanates is 1. The Hall–Kier alpha value is -1.84. The Labute approximate surface area is 136 Å². The van der Waals surface area contributed by atoms with Crippen molar-refractivity contribution in [2.24, 2.45) is 4.99 Å². The molecule has 0 spiro atoms. The van der Waals surface area contributed by atoms with Crippen LogP contribution in [0.2, 0.25) is 0 Å². The number of aliphatic imine (C=N–C) groups is 1. The fourth-order valence-corrected chi connectivity index (χ4v) is 3.55. The fourth-order valence-electron chi connectivity index (χ4n) is 3.55. The van der Waals surface area contributed by atoms with Gasteiger partial charge in [-0.25, -0.2) is 4.79 Å². The maximum Gasteiger partial charge on any atom is 0.235 e. The van der Waals surface area contributed by atoms with E-state index in [4.69, 9.17) is 14.2 Å². The SMILES string of the molecule is COc1cc(C2(N=C=O)CCCC2)ccc1OC1CCCOC1. The van der Waals surface area contributed by atoms with Crippen LogP contribution in [0.1, 0.15) is 44.1 Å². The molecule has 1 unspecified atom stereocenters. The van der Waals surface area contributed by atoms with Gasteiger partial charge in [0.15, 0.2) is 11.5 Å². The molecule has 2 fully saturated rings. The first kappa shape index (κ1) is 16.0. The largest absolute Gasteiger partial charge is 0.493 e. The molecule has 5 heteroatoms. The van der Waals surface area contributed by atoms with Crippen molar-refractivity contribution in [2.45, 2.75) is 50.2 Å². The third kappa shape index (κ3) is 3.41. The zero-order valence-electron chi connectivity index (χ0n) is 13.5. The van der Waals surface area contributed by atoms with Gasteiger partial charge in [0.25, 0.3) is 0 Å². The zero-order chi connectivity index (χ0) is 16.1. The molecule has 1 saturated carbocycles. The second-order valence-electron chi connectivity index (χ2n) is 6.26. The van der Waals surface area contributed by atoms with E-state index in [1.165, 1.54) is 0 Å². The molecule has 0 radical (unpaired) electrons. The topological polar surface area (TPSA) is 57.1 Å². The van der Waals surface area contributed by atoms with E-state index in [9.17, 15) is 4.79 Å². The first-order valence-electron chi connectivity index (χ1n) is 8.29. The summed E-state index contributed by atoms with van der Waals surface area (Å²) in [6.45, 7) is 1.42. The highest BCUT2D eigenvalue weighted by Crippen LogP contribution is 2.44. The maximum atomic E-state index is 10.9. The summed E-state index contributed by atoms with van der Waals surface area (Å²) in [5.41, 5.74) is 0.559. The van der Waals surface area contributed by atoms with Crippen LogP contribution in [0, 0.1) is 0 Å². The van der Waals surface area contributed by atoms with E-state index in [1.54, 1.807) is 13.2 Å². The van der Waals surface area contributed by atoms with Gasteiger partial charge < -0.3 is 14.2 Å². The van der Waals surface area contributed by atoms with Crippen LogP contribution in [0.5, 0.6) is 11.5 Å². The summed E-state index contributed by atoms with van der Waals surface area (Å²) in [7, 11) is 1.63. The van der Waals surface area contributed by atoms with Gasteiger partial charge in [-0.2, -0.15) is 4.99 Å². The Morgan fingerprint density at radius 3 is 2.74 bits per heavy atom. The van der Waals surface area contributed by atoms with Crippen LogP contribution in [-0.4, -0.2) is 32.5 Å². The van der Waals surface area contributed by atoms with Gasteiger partial charge in [-0.1, -0.05) is 18.9 Å². The van der Waals surface area contributed by atoms with Crippen molar-refractivity contribution in [3.8, 4) is 11.5 Å². The molecule has 1 aromatic carbocycles. The van der Waals surface area contributed by atoms with E-state index in [0.717, 1.165) is 56.4 Å². The van der Waals surface area contributed by atoms with E-state index >= 15 is 0 Å². The van der Waals surface area contributed by atoms with Crippen molar-refractivity contribution >= 4 is 6.08 Å². The number of ether oxygens (including phenoxy) is 3. The first-order valence-corrected chi connectivity index (χ1v) is 8.29. The Kier molecular flexibility index (Phi) is 4.99. The predicted molar refractivity (Wildman–Crippen MR) is 85.7 cm³/mol. The van der Waals surface area contributed by atoms with Crippen LogP contribution < -0.4 is 9.47 Å². The highest BCUT2D eigenvalue weighted by atomic mass is 16.5. The molecule has 1 aliphatic heterocycles. The summed E-state index contributed by atoms with van der Waals surface area (Å²) in [4.78, 5) is 15.0. The Morgan fingerprint density at radius 2 is 2.09 bits per heavy atom. The third-order valence-corrected chi connectivity index (χ3v) is 4.80. The number of methoxy groups -OCH3 is 1. The molecule has 0 aromatic heterocycles. The second kappa shape index (κ2) is 7.16. The van der Waals surface area contributed by atoms with E-state index in [2.05, 4.69) is 4.99 Å². The van der Waals surface area contributed by atoms with Crippen molar-refractivity contribution in [3.63, 3.8) is 0 Å². The van der Waals surface area contributed by atoms with Crippen molar-refractivity contribution in [2.75, 3.05) is 20.3 Å². The number of benzene rings is 1. The molecular weight excluding hydrogens is 294 g/mol. The van der Waals surface area contributed by atoms with Gasteiger partial charge in [0.2, 0.25) is 6.08 Å². The number of carbonyl (C=O) groups excluding carboxylic acids is 1. The predicted octanol–water partition coefficient (Wildman–Crippen LogP) is 3.36. The Bertz CT molecular complexity index is 583. The van der Waals surface area contributed by atoms with Crippen molar-refractivity contribution < 1.29 is 19.0 Å². The van der Waals surface area contributed by atoms with E-state index in [0.29, 0.717) is 12.4 Å². The molecule has 1 aromatic rings. The van der Waals surface area contributed by atoms with Crippen molar-refractivity contribution in [1.82, 2.24) is 0 Å². The lowest BCUT2D eigenvalue weighted by Crippen LogP contribution is -2.28. The van der Waals surface area contributed by atoms with Crippen LogP contribution in [0.4, 0.5) is 0 Å². The summed E-state index contributed by atoms with van der Waals surface area (Å²) in [6.07, 6.45) is 7.73. The number of rotatable bonds is 5. The monoisotopic (exact) mass is 317 g/mol. The number of hydrogen-bond donors (Lipinski definition) is 0. The number of nitrogens with zero attached hydrogens (tertiary/aromatic N) is 1. The minimum absolute atomic E-state index is 0.0666. The van der Waals surface area contributed by atoms with Gasteiger partial charge in [0.1, 0.15) is 6.10 Å². The lowest BCUT2D eigenvalue weighted by atomic mass is 9.88. The van der Waals surface area contributed by atoms with Gasteiger partial charge in [0.05, 0.1) is 19.3 Å². The van der Waals surface area contributed by atoms with Crippen molar-refractivity contribution in [3.05, 3.63) is 23.8 Å². The smallest absolute Gasteiger partial charge is 0.235 e. The Morgan fingerprint density at radius 1 is 1.26 bits per heavy atom. The molecule has 0 N–H and O–H groups in total. The molecule has 2 aliphatic rings. The highest BCUT2D eigenvalue weighted by Gasteiger charge is 2.36. The molecule has 1 aliphatic carbocycles. The lowest BCUT2D eigenvalue weighted by Gasteiger charge is -2.26. The highest BCUT2D eigenvalue weighted by molar-refractivity contribution is 5.47. The fraction of sp³-hybridized carbons (Fsp3) is 0.611. The first-order chi connectivity index (χ1) is 11.3. The summed E-state index contributed by atoms with van der Waals surface area (Å²) >= 11 is 0. The van der Waals surface area contributed by atoms with E-state index in [1.807, 2.05) is 18.2 Å². The normalized spacial score (nSPS) is 23.1. The standard InChI is InChI=1S/C18H23NO4/c1-21-17-11-14(18(19-13-20)8-2-3-9-18)6-7-16(17)23-15-5-4-10-22-12-15/h6-7,11,15H,2-5,8-10,12H2,1H3. The van der Waals surface area contributed by atoms with Crippen LogP contribution in [0.15, 0.2) is 23.2 Å². The van der Waals surface area contributed by atoms with Gasteiger partial charge in [-0.3, -0.25) is 0 Å². The van der Waals surface area contributed by atoms with Gasteiger partial charge >= 0.3 is 0 Å². The van der Waals surface area contributed by atoms with Crippen LogP contribution in [0.3, 0.4) is 0 Å². The van der Waals surface area contributed by atoms with Crippen LogP contribution >= 0.6 is 0 Å². The summed E-state index contributed by atoms with van der Waals surface area (Å²) in [5, 5.41) is 0. The van der Waals surface area contributed by atoms with Gasteiger partial charge in [0, 0.05) is 6.61 Å². The molecule has 3 rings (SSSR count). The molecule has 0 amide bonds. The molecular formula is C18H23NO4. The summed E-state index contributed by atoms with van der Waals surface area (Å²) in [5.74, 6) is 1.40. The summed E-state index contributed by atoms with van der Waals surface area (Å²) in [6, 6.07) is 5.86. The molecule has 5 nitrogen and oxygen atoms in total.